The van der Waals surface area contributed by atoms with Gasteiger partial charge in [-0.25, -0.2) is 13.2 Å². The molecular formula is C41H49N5O7S. The predicted octanol–water partition coefficient (Wildman–Crippen LogP) is 7.32. The molecule has 0 atom stereocenters. The number of hydrogen-bond donors (Lipinski definition) is 2. The summed E-state index contributed by atoms with van der Waals surface area (Å²) in [4.78, 5) is 44.5. The molecule has 12 nitrogen and oxygen atoms in total. The highest BCUT2D eigenvalue weighted by Gasteiger charge is 2.31. The zero-order valence-corrected chi connectivity index (χ0v) is 31.8. The van der Waals surface area contributed by atoms with Crippen molar-refractivity contribution in [1.82, 2.24) is 10.3 Å². The third-order valence-corrected chi connectivity index (χ3v) is 11.1. The molecule has 1 aliphatic rings. The summed E-state index contributed by atoms with van der Waals surface area (Å²) in [6.45, 7) is 4.24. The number of sulfonamides is 1. The second kappa shape index (κ2) is 19.2. The van der Waals surface area contributed by atoms with E-state index in [1.165, 1.54) is 31.5 Å². The van der Waals surface area contributed by atoms with Gasteiger partial charge in [0.05, 0.1) is 24.4 Å². The summed E-state index contributed by atoms with van der Waals surface area (Å²) in [5.41, 5.74) is 3.52. The van der Waals surface area contributed by atoms with Crippen LogP contribution in [0.5, 0.6) is 0 Å². The summed E-state index contributed by atoms with van der Waals surface area (Å²) in [6, 6.07) is 20.6. The molecule has 3 aromatic carbocycles. The average Bonchev–Trinajstić information content (AvgIpc) is 3.18. The number of amidine groups is 1. The van der Waals surface area contributed by atoms with Crippen LogP contribution in [0.25, 0.3) is 10.9 Å². The molecule has 0 spiro atoms. The summed E-state index contributed by atoms with van der Waals surface area (Å²) in [5.74, 6) is -0.823. The molecule has 0 radical (unpaired) electrons. The fourth-order valence-corrected chi connectivity index (χ4v) is 8.09. The lowest BCUT2D eigenvalue weighted by molar-refractivity contribution is -0.141. The van der Waals surface area contributed by atoms with Gasteiger partial charge in [0.2, 0.25) is 5.91 Å². The van der Waals surface area contributed by atoms with Crippen LogP contribution in [0.2, 0.25) is 0 Å². The Bertz CT molecular complexity index is 2050. The number of hydrogen-bond acceptors (Lipinski definition) is 9. The van der Waals surface area contributed by atoms with Gasteiger partial charge in [-0.2, -0.15) is 0 Å². The van der Waals surface area contributed by atoms with E-state index >= 15 is 0 Å². The van der Waals surface area contributed by atoms with E-state index in [-0.39, 0.29) is 35.4 Å². The molecule has 2 amide bonds. The molecular weight excluding hydrogens is 707 g/mol. The van der Waals surface area contributed by atoms with Crippen LogP contribution < -0.4 is 14.5 Å². The number of aryl methyl sites for hydroxylation is 2. The number of alkyl carbamates (subject to hydrolysis) is 1. The van der Waals surface area contributed by atoms with Crippen molar-refractivity contribution >= 4 is 56.1 Å². The minimum absolute atomic E-state index is 0.0260. The van der Waals surface area contributed by atoms with Crippen molar-refractivity contribution in [2.45, 2.75) is 83.0 Å². The van der Waals surface area contributed by atoms with Crippen LogP contribution in [0.15, 0.2) is 83.9 Å². The monoisotopic (exact) mass is 755 g/mol. The van der Waals surface area contributed by atoms with Gasteiger partial charge in [0, 0.05) is 35.8 Å². The minimum Gasteiger partial charge on any atom is -0.465 e. The van der Waals surface area contributed by atoms with Crippen LogP contribution in [0.1, 0.15) is 81.9 Å². The Kier molecular flexibility index (Phi) is 14.2. The third-order valence-electron chi connectivity index (χ3n) is 9.34. The van der Waals surface area contributed by atoms with E-state index in [9.17, 15) is 22.8 Å². The predicted molar refractivity (Wildman–Crippen MR) is 209 cm³/mol. The SMILES string of the molecule is CCCCCCCCOC(=O)NC(=N)c1ccc(CCC(=O)N2CCCc3cc(N(CC(=O)OCC)S(=O)(=O)c4cccc5cccnc45)ccc32)cc1. The number of nitrogens with one attached hydrogen (secondary N) is 2. The van der Waals surface area contributed by atoms with Gasteiger partial charge in [-0.1, -0.05) is 81.5 Å². The molecule has 1 aromatic heterocycles. The molecule has 2 N–H and O–H groups in total. The number of amides is 2. The fraction of sp³-hybridized carbons (Fsp3) is 0.390. The van der Waals surface area contributed by atoms with Crippen molar-refractivity contribution in [3.8, 4) is 0 Å². The number of nitrogens with zero attached hydrogens (tertiary/aromatic N) is 3. The molecule has 0 saturated heterocycles. The maximum Gasteiger partial charge on any atom is 0.412 e. The number of esters is 1. The van der Waals surface area contributed by atoms with Gasteiger partial charge in [0.1, 0.15) is 17.3 Å². The lowest BCUT2D eigenvalue weighted by Crippen LogP contribution is -2.38. The van der Waals surface area contributed by atoms with E-state index in [0.29, 0.717) is 54.6 Å². The first-order chi connectivity index (χ1) is 26.1. The van der Waals surface area contributed by atoms with Crippen molar-refractivity contribution in [3.05, 3.63) is 95.7 Å². The Hall–Kier alpha value is -5.30. The molecule has 1 aliphatic heterocycles. The molecule has 0 bridgehead atoms. The molecule has 4 aromatic rings. The molecule has 54 heavy (non-hydrogen) atoms. The van der Waals surface area contributed by atoms with Crippen molar-refractivity contribution in [2.75, 3.05) is 35.5 Å². The fourth-order valence-electron chi connectivity index (χ4n) is 6.52. The summed E-state index contributed by atoms with van der Waals surface area (Å²) in [5, 5.41) is 11.4. The number of ether oxygens (including phenoxy) is 2. The first-order valence-electron chi connectivity index (χ1n) is 18.7. The molecule has 0 saturated carbocycles. The lowest BCUT2D eigenvalue weighted by atomic mass is 9.99. The first kappa shape index (κ1) is 39.9. The van der Waals surface area contributed by atoms with E-state index in [2.05, 4.69) is 17.2 Å². The number of fused-ring (bicyclic) bond motifs is 2. The Balaban J connectivity index is 1.22. The number of rotatable bonds is 17. The van der Waals surface area contributed by atoms with Crippen LogP contribution >= 0.6 is 0 Å². The molecule has 2 heterocycles. The molecule has 13 heteroatoms. The van der Waals surface area contributed by atoms with E-state index < -0.39 is 28.6 Å². The average molecular weight is 756 g/mol. The van der Waals surface area contributed by atoms with E-state index in [4.69, 9.17) is 14.9 Å². The van der Waals surface area contributed by atoms with Crippen molar-refractivity contribution in [2.24, 2.45) is 0 Å². The largest absolute Gasteiger partial charge is 0.465 e. The number of carbonyl (C=O) groups is 3. The highest BCUT2D eigenvalue weighted by atomic mass is 32.2. The lowest BCUT2D eigenvalue weighted by Gasteiger charge is -2.31. The van der Waals surface area contributed by atoms with Gasteiger partial charge in [-0.05, 0) is 74.1 Å². The number of carbonyl (C=O) groups excluding carboxylic acids is 3. The zero-order chi connectivity index (χ0) is 38.5. The smallest absolute Gasteiger partial charge is 0.412 e. The Morgan fingerprint density at radius 2 is 1.69 bits per heavy atom. The van der Waals surface area contributed by atoms with Crippen LogP contribution in [0, 0.1) is 5.41 Å². The Morgan fingerprint density at radius 3 is 2.46 bits per heavy atom. The normalized spacial score (nSPS) is 12.5. The quantitative estimate of drug-likeness (QED) is 0.0491. The molecule has 0 unspecified atom stereocenters. The minimum atomic E-state index is -4.26. The highest BCUT2D eigenvalue weighted by molar-refractivity contribution is 7.93. The Labute approximate surface area is 317 Å². The number of pyridine rings is 1. The van der Waals surface area contributed by atoms with Crippen LogP contribution in [-0.2, 0) is 41.9 Å². The number of aromatic nitrogens is 1. The summed E-state index contributed by atoms with van der Waals surface area (Å²) < 4.78 is 39.8. The maximum atomic E-state index is 14.2. The standard InChI is InChI=1S/C41H49N5O7S/c1-3-5-6-7-8-9-27-53-41(49)44-40(42)32-20-17-30(18-21-32)19-24-37(47)45-26-12-15-33-28-34(22-23-35(33)45)46(29-38(48)52-4-2)54(50,51)36-16-10-13-31-14-11-25-43-39(31)36/h10-11,13-14,16-18,20-23,25,28H,3-9,12,15,19,24,26-27,29H2,1-2H3,(H2,42,44,49). The van der Waals surface area contributed by atoms with Crippen LogP contribution in [-0.4, -0.2) is 63.5 Å². The van der Waals surface area contributed by atoms with Gasteiger partial charge in [0.25, 0.3) is 10.0 Å². The van der Waals surface area contributed by atoms with E-state index in [0.717, 1.165) is 34.7 Å². The van der Waals surface area contributed by atoms with Gasteiger partial charge in [-0.3, -0.25) is 29.6 Å². The molecule has 286 valence electrons. The Morgan fingerprint density at radius 1 is 0.926 bits per heavy atom. The maximum absolute atomic E-state index is 14.2. The van der Waals surface area contributed by atoms with Crippen LogP contribution in [0.4, 0.5) is 16.2 Å². The number of benzene rings is 3. The van der Waals surface area contributed by atoms with E-state index in [1.54, 1.807) is 66.4 Å². The van der Waals surface area contributed by atoms with Crippen LogP contribution in [0.3, 0.4) is 0 Å². The van der Waals surface area contributed by atoms with Gasteiger partial charge in [0.15, 0.2) is 0 Å². The second-order valence-corrected chi connectivity index (χ2v) is 15.0. The summed E-state index contributed by atoms with van der Waals surface area (Å²) >= 11 is 0. The van der Waals surface area contributed by atoms with Gasteiger partial charge < -0.3 is 14.4 Å². The topological polar surface area (TPSA) is 159 Å². The first-order valence-corrected chi connectivity index (χ1v) is 20.1. The summed E-state index contributed by atoms with van der Waals surface area (Å²) in [6.07, 6.45) is 9.41. The molecule has 0 aliphatic carbocycles. The van der Waals surface area contributed by atoms with Crippen molar-refractivity contribution in [1.29, 1.82) is 5.41 Å². The van der Waals surface area contributed by atoms with Crippen molar-refractivity contribution in [3.63, 3.8) is 0 Å². The highest BCUT2D eigenvalue weighted by Crippen LogP contribution is 2.34. The molecule has 0 fully saturated rings. The van der Waals surface area contributed by atoms with Gasteiger partial charge in [-0.15, -0.1) is 0 Å². The van der Waals surface area contributed by atoms with E-state index in [1.807, 2.05) is 12.1 Å². The zero-order valence-electron chi connectivity index (χ0n) is 31.0. The van der Waals surface area contributed by atoms with Gasteiger partial charge >= 0.3 is 12.1 Å². The number of para-hydroxylation sites is 1. The molecule has 5 rings (SSSR count). The summed E-state index contributed by atoms with van der Waals surface area (Å²) in [7, 11) is -4.26. The van der Waals surface area contributed by atoms with Crippen molar-refractivity contribution < 1.29 is 32.3 Å². The number of unbranched alkanes of at least 4 members (excludes halogenated alkanes) is 5. The number of anilines is 2. The second-order valence-electron chi connectivity index (χ2n) is 13.2. The third kappa shape index (κ3) is 10.2.